The third kappa shape index (κ3) is 3.29. The summed E-state index contributed by atoms with van der Waals surface area (Å²) in [5.41, 5.74) is 8.24. The van der Waals surface area contributed by atoms with Crippen LogP contribution in [0.1, 0.15) is 30.9 Å². The number of hydrogen-bond donors (Lipinski definition) is 3. The second-order valence-electron chi connectivity index (χ2n) is 4.57. The second kappa shape index (κ2) is 6.23. The third-order valence-electron chi connectivity index (χ3n) is 3.16. The van der Waals surface area contributed by atoms with Crippen molar-refractivity contribution >= 4 is 32.9 Å². The van der Waals surface area contributed by atoms with Crippen molar-refractivity contribution in [3.63, 3.8) is 0 Å². The molecule has 1 unspecified atom stereocenters. The molecule has 1 atom stereocenters. The fraction of sp³-hybridized carbons (Fsp3) is 0.385. The maximum absolute atomic E-state index is 11.3. The van der Waals surface area contributed by atoms with Crippen LogP contribution in [0.2, 0.25) is 0 Å². The van der Waals surface area contributed by atoms with E-state index in [0.29, 0.717) is 19.3 Å². The fourth-order valence-electron chi connectivity index (χ4n) is 2.08. The topological polar surface area (TPSA) is 101 Å². The molecule has 0 saturated carbocycles. The Hall–Kier alpha value is -1.60. The van der Waals surface area contributed by atoms with Crippen molar-refractivity contribution in [2.75, 3.05) is 7.11 Å². The molecule has 6 nitrogen and oxygen atoms in total. The number of fused-ring (bicyclic) bond motifs is 1. The van der Waals surface area contributed by atoms with E-state index >= 15 is 0 Å². The summed E-state index contributed by atoms with van der Waals surface area (Å²) in [6.45, 7) is 0. The van der Waals surface area contributed by atoms with Crippen LogP contribution in [0.4, 0.5) is 0 Å². The lowest BCUT2D eigenvalue weighted by molar-refractivity contribution is -0.140. The molecule has 1 heterocycles. The van der Waals surface area contributed by atoms with E-state index in [9.17, 15) is 9.59 Å². The van der Waals surface area contributed by atoms with Gasteiger partial charge in [-0.05, 0) is 30.5 Å². The molecule has 7 heteroatoms. The van der Waals surface area contributed by atoms with Crippen LogP contribution in [0.25, 0.3) is 11.0 Å². The van der Waals surface area contributed by atoms with Crippen LogP contribution in [-0.2, 0) is 9.53 Å². The van der Waals surface area contributed by atoms with E-state index in [4.69, 9.17) is 5.73 Å². The minimum atomic E-state index is -0.247. The number of nitrogens with two attached hydrogens (primary N) is 1. The van der Waals surface area contributed by atoms with Crippen LogP contribution in [0.15, 0.2) is 21.4 Å². The molecular weight excluding hydrogens is 326 g/mol. The number of ether oxygens (including phenoxy) is 1. The predicted octanol–water partition coefficient (Wildman–Crippen LogP) is 1.96. The van der Waals surface area contributed by atoms with Gasteiger partial charge in [0, 0.05) is 16.9 Å². The number of hydrogen-bond acceptors (Lipinski definition) is 4. The first kappa shape index (κ1) is 14.8. The summed E-state index contributed by atoms with van der Waals surface area (Å²) < 4.78 is 5.43. The molecule has 0 amide bonds. The molecule has 1 aromatic heterocycles. The van der Waals surface area contributed by atoms with E-state index < -0.39 is 0 Å². The zero-order valence-corrected chi connectivity index (χ0v) is 12.6. The molecular formula is C13H16BrN3O3. The molecule has 108 valence electrons. The number of methoxy groups -OCH3 is 1. The number of halogens is 1. The van der Waals surface area contributed by atoms with Gasteiger partial charge in [0.05, 0.1) is 18.1 Å². The van der Waals surface area contributed by atoms with Crippen molar-refractivity contribution in [3.8, 4) is 0 Å². The molecule has 0 radical (unpaired) electrons. The van der Waals surface area contributed by atoms with Crippen molar-refractivity contribution in [3.05, 3.63) is 32.7 Å². The molecule has 20 heavy (non-hydrogen) atoms. The lowest BCUT2D eigenvalue weighted by Gasteiger charge is -2.13. The number of aromatic nitrogens is 2. The van der Waals surface area contributed by atoms with Gasteiger partial charge in [0.25, 0.3) is 0 Å². The Morgan fingerprint density at radius 1 is 1.40 bits per heavy atom. The predicted molar refractivity (Wildman–Crippen MR) is 79.4 cm³/mol. The molecule has 2 aromatic rings. The molecule has 2 rings (SSSR count). The molecule has 4 N–H and O–H groups in total. The van der Waals surface area contributed by atoms with Crippen LogP contribution in [0.3, 0.4) is 0 Å². The molecule has 0 fully saturated rings. The number of carbonyl (C=O) groups is 1. The molecule has 0 aliphatic carbocycles. The molecule has 0 saturated heterocycles. The van der Waals surface area contributed by atoms with E-state index in [1.165, 1.54) is 7.11 Å². The maximum atomic E-state index is 11.3. The number of aromatic amines is 2. The maximum Gasteiger partial charge on any atom is 0.323 e. The van der Waals surface area contributed by atoms with Crippen LogP contribution in [0, 0.1) is 0 Å². The van der Waals surface area contributed by atoms with E-state index in [-0.39, 0.29) is 17.7 Å². The quantitative estimate of drug-likeness (QED) is 0.723. The highest BCUT2D eigenvalue weighted by Gasteiger charge is 2.13. The van der Waals surface area contributed by atoms with E-state index in [0.717, 1.165) is 21.1 Å². The van der Waals surface area contributed by atoms with Crippen LogP contribution in [0.5, 0.6) is 0 Å². The zero-order valence-electron chi connectivity index (χ0n) is 11.0. The highest BCUT2D eigenvalue weighted by molar-refractivity contribution is 9.10. The first-order valence-corrected chi connectivity index (χ1v) is 7.04. The second-order valence-corrected chi connectivity index (χ2v) is 5.43. The largest absolute Gasteiger partial charge is 0.469 e. The Morgan fingerprint density at radius 3 is 2.70 bits per heavy atom. The van der Waals surface area contributed by atoms with Crippen molar-refractivity contribution in [1.29, 1.82) is 0 Å². The number of rotatable bonds is 5. The van der Waals surface area contributed by atoms with Gasteiger partial charge in [0.15, 0.2) is 0 Å². The Bertz CT molecular complexity index is 677. The highest BCUT2D eigenvalue weighted by atomic mass is 79.9. The summed E-state index contributed by atoms with van der Waals surface area (Å²) in [5.74, 6) is -0.235. The summed E-state index contributed by atoms with van der Waals surface area (Å²) in [7, 11) is 1.37. The number of imidazole rings is 1. The molecule has 1 aromatic carbocycles. The fourth-order valence-corrected chi connectivity index (χ4v) is 2.72. The summed E-state index contributed by atoms with van der Waals surface area (Å²) in [5, 5.41) is 0. The number of esters is 1. The van der Waals surface area contributed by atoms with Crippen LogP contribution >= 0.6 is 15.9 Å². The number of carbonyl (C=O) groups excluding carboxylic acids is 1. The average Bonchev–Trinajstić information content (AvgIpc) is 2.76. The lowest BCUT2D eigenvalue weighted by Crippen LogP contribution is -2.12. The Kier molecular flexibility index (Phi) is 4.61. The number of H-pyrrole nitrogens is 2. The first-order chi connectivity index (χ1) is 9.51. The zero-order chi connectivity index (χ0) is 14.7. The van der Waals surface area contributed by atoms with Gasteiger partial charge in [-0.2, -0.15) is 0 Å². The number of benzene rings is 1. The standard InChI is InChI=1S/C13H16BrN3O3/c1-20-12(18)4-2-3-9(15)7-5-10-11(6-8(7)14)17-13(19)16-10/h5-6,9H,2-4,15H2,1H3,(H2,16,17,19). The smallest absolute Gasteiger partial charge is 0.323 e. The summed E-state index contributed by atoms with van der Waals surface area (Å²) in [6.07, 6.45) is 1.67. The minimum Gasteiger partial charge on any atom is -0.469 e. The van der Waals surface area contributed by atoms with Crippen molar-refractivity contribution in [1.82, 2.24) is 9.97 Å². The van der Waals surface area contributed by atoms with Gasteiger partial charge < -0.3 is 20.4 Å². The summed E-state index contributed by atoms with van der Waals surface area (Å²) in [4.78, 5) is 27.7. The normalized spacial score (nSPS) is 12.6. The van der Waals surface area contributed by atoms with Gasteiger partial charge in [-0.1, -0.05) is 15.9 Å². The first-order valence-electron chi connectivity index (χ1n) is 6.25. The molecule has 0 aliphatic heterocycles. The van der Waals surface area contributed by atoms with Gasteiger partial charge in [-0.3, -0.25) is 4.79 Å². The van der Waals surface area contributed by atoms with Crippen molar-refractivity contribution in [2.24, 2.45) is 5.73 Å². The van der Waals surface area contributed by atoms with Gasteiger partial charge in [0.1, 0.15) is 0 Å². The van der Waals surface area contributed by atoms with Gasteiger partial charge in [-0.15, -0.1) is 0 Å². The van der Waals surface area contributed by atoms with E-state index in [1.54, 1.807) is 0 Å². The monoisotopic (exact) mass is 341 g/mol. The molecule has 0 bridgehead atoms. The summed E-state index contributed by atoms with van der Waals surface area (Å²) in [6, 6.07) is 3.46. The Balaban J connectivity index is 2.12. The third-order valence-corrected chi connectivity index (χ3v) is 3.84. The highest BCUT2D eigenvalue weighted by Crippen LogP contribution is 2.28. The van der Waals surface area contributed by atoms with Crippen LogP contribution in [-0.4, -0.2) is 23.0 Å². The average molecular weight is 342 g/mol. The molecule has 0 aliphatic rings. The molecule has 0 spiro atoms. The van der Waals surface area contributed by atoms with E-state index in [2.05, 4.69) is 30.6 Å². The lowest BCUT2D eigenvalue weighted by atomic mass is 10.0. The van der Waals surface area contributed by atoms with Gasteiger partial charge >= 0.3 is 11.7 Å². The number of nitrogens with one attached hydrogen (secondary N) is 2. The van der Waals surface area contributed by atoms with Crippen molar-refractivity contribution in [2.45, 2.75) is 25.3 Å². The SMILES string of the molecule is COC(=O)CCCC(N)c1cc2[nH]c(=O)[nH]c2cc1Br. The van der Waals surface area contributed by atoms with Gasteiger partial charge in [0.2, 0.25) is 0 Å². The van der Waals surface area contributed by atoms with Crippen molar-refractivity contribution < 1.29 is 9.53 Å². The Labute approximate surface area is 123 Å². The minimum absolute atomic E-state index is 0.211. The van der Waals surface area contributed by atoms with E-state index in [1.807, 2.05) is 12.1 Å². The van der Waals surface area contributed by atoms with Gasteiger partial charge in [-0.25, -0.2) is 4.79 Å². The summed E-state index contributed by atoms with van der Waals surface area (Å²) >= 11 is 3.45. The van der Waals surface area contributed by atoms with Crippen LogP contribution < -0.4 is 11.4 Å². The Morgan fingerprint density at radius 2 is 2.05 bits per heavy atom.